The topological polar surface area (TPSA) is 66.3 Å². The SMILES string of the molecule is CN(c1ncnc2c1CCCCC2)C(C)(C)C(=O)O. The number of nitrogens with zero attached hydrogens (tertiary/aromatic N) is 3. The highest BCUT2D eigenvalue weighted by Gasteiger charge is 2.34. The average Bonchev–Trinajstić information content (AvgIpc) is 2.62. The zero-order valence-corrected chi connectivity index (χ0v) is 11.8. The molecule has 5 heteroatoms. The first-order chi connectivity index (χ1) is 8.94. The first kappa shape index (κ1) is 13.8. The lowest BCUT2D eigenvalue weighted by molar-refractivity contribution is -0.142. The maximum Gasteiger partial charge on any atom is 0.328 e. The molecule has 19 heavy (non-hydrogen) atoms. The van der Waals surface area contributed by atoms with Crippen molar-refractivity contribution in [3.63, 3.8) is 0 Å². The van der Waals surface area contributed by atoms with Crippen molar-refractivity contribution in [3.05, 3.63) is 17.6 Å². The van der Waals surface area contributed by atoms with E-state index in [0.29, 0.717) is 0 Å². The largest absolute Gasteiger partial charge is 0.480 e. The third-order valence-electron chi connectivity index (χ3n) is 4.03. The second-order valence-electron chi connectivity index (χ2n) is 5.61. The zero-order valence-electron chi connectivity index (χ0n) is 11.8. The Morgan fingerprint density at radius 3 is 2.63 bits per heavy atom. The van der Waals surface area contributed by atoms with E-state index < -0.39 is 11.5 Å². The van der Waals surface area contributed by atoms with E-state index in [1.54, 1.807) is 32.1 Å². The second kappa shape index (κ2) is 5.15. The molecule has 0 saturated carbocycles. The predicted octanol–water partition coefficient (Wildman–Crippen LogP) is 2.04. The molecule has 0 spiro atoms. The second-order valence-corrected chi connectivity index (χ2v) is 5.61. The summed E-state index contributed by atoms with van der Waals surface area (Å²) in [5.74, 6) is -0.0877. The highest BCUT2D eigenvalue weighted by atomic mass is 16.4. The summed E-state index contributed by atoms with van der Waals surface area (Å²) in [4.78, 5) is 21.8. The summed E-state index contributed by atoms with van der Waals surface area (Å²) < 4.78 is 0. The van der Waals surface area contributed by atoms with E-state index >= 15 is 0 Å². The van der Waals surface area contributed by atoms with Gasteiger partial charge in [-0.3, -0.25) is 0 Å². The minimum Gasteiger partial charge on any atom is -0.480 e. The van der Waals surface area contributed by atoms with Crippen molar-refractivity contribution in [2.24, 2.45) is 0 Å². The van der Waals surface area contributed by atoms with Gasteiger partial charge in [-0.1, -0.05) is 6.42 Å². The normalized spacial score (nSPS) is 15.5. The third-order valence-corrected chi connectivity index (χ3v) is 4.03. The number of aliphatic carboxylic acids is 1. The predicted molar refractivity (Wildman–Crippen MR) is 73.4 cm³/mol. The van der Waals surface area contributed by atoms with E-state index in [9.17, 15) is 9.90 Å². The maximum atomic E-state index is 11.4. The van der Waals surface area contributed by atoms with Crippen LogP contribution in [0.1, 0.15) is 44.4 Å². The molecular weight excluding hydrogens is 242 g/mol. The van der Waals surface area contributed by atoms with Crippen LogP contribution in [0, 0.1) is 0 Å². The van der Waals surface area contributed by atoms with Gasteiger partial charge in [0.2, 0.25) is 0 Å². The lowest BCUT2D eigenvalue weighted by atomic mass is 10.0. The highest BCUT2D eigenvalue weighted by molar-refractivity contribution is 5.82. The summed E-state index contributed by atoms with van der Waals surface area (Å²) in [5.41, 5.74) is 1.22. The van der Waals surface area contributed by atoms with Crippen LogP contribution in [0.15, 0.2) is 6.33 Å². The van der Waals surface area contributed by atoms with E-state index in [1.807, 2.05) is 0 Å². The number of fused-ring (bicyclic) bond motifs is 1. The highest BCUT2D eigenvalue weighted by Crippen LogP contribution is 2.29. The number of carbonyl (C=O) groups is 1. The van der Waals surface area contributed by atoms with Gasteiger partial charge in [-0.25, -0.2) is 14.8 Å². The monoisotopic (exact) mass is 263 g/mol. The van der Waals surface area contributed by atoms with Gasteiger partial charge in [0, 0.05) is 18.3 Å². The molecule has 0 atom stereocenters. The minimum atomic E-state index is -0.978. The van der Waals surface area contributed by atoms with Crippen LogP contribution in [0.25, 0.3) is 0 Å². The summed E-state index contributed by atoms with van der Waals surface area (Å²) >= 11 is 0. The molecule has 1 aromatic rings. The van der Waals surface area contributed by atoms with E-state index in [2.05, 4.69) is 9.97 Å². The van der Waals surface area contributed by atoms with Crippen LogP contribution in [-0.4, -0.2) is 33.6 Å². The Balaban J connectivity index is 2.43. The van der Waals surface area contributed by atoms with Crippen molar-refractivity contribution < 1.29 is 9.90 Å². The average molecular weight is 263 g/mol. The van der Waals surface area contributed by atoms with Gasteiger partial charge >= 0.3 is 5.97 Å². The van der Waals surface area contributed by atoms with Crippen molar-refractivity contribution in [3.8, 4) is 0 Å². The van der Waals surface area contributed by atoms with Crippen LogP contribution in [0.3, 0.4) is 0 Å². The molecule has 104 valence electrons. The Morgan fingerprint density at radius 1 is 1.26 bits per heavy atom. The summed E-state index contributed by atoms with van der Waals surface area (Å²) in [7, 11) is 1.79. The van der Waals surface area contributed by atoms with Gasteiger partial charge in [-0.05, 0) is 39.5 Å². The summed E-state index contributed by atoms with van der Waals surface area (Å²) in [6.07, 6.45) is 6.91. The van der Waals surface area contributed by atoms with Crippen LogP contribution < -0.4 is 4.90 Å². The van der Waals surface area contributed by atoms with E-state index in [0.717, 1.165) is 42.8 Å². The molecule has 0 amide bonds. The minimum absolute atomic E-state index is 0.763. The number of hydrogen-bond donors (Lipinski definition) is 1. The van der Waals surface area contributed by atoms with Crippen LogP contribution in [0.2, 0.25) is 0 Å². The van der Waals surface area contributed by atoms with Gasteiger partial charge in [0.1, 0.15) is 17.7 Å². The zero-order chi connectivity index (χ0) is 14.0. The molecule has 0 bridgehead atoms. The van der Waals surface area contributed by atoms with Gasteiger partial charge < -0.3 is 10.0 Å². The van der Waals surface area contributed by atoms with Gasteiger partial charge in [-0.2, -0.15) is 0 Å². The van der Waals surface area contributed by atoms with Crippen LogP contribution in [0.4, 0.5) is 5.82 Å². The molecule has 1 aliphatic carbocycles. The molecule has 0 saturated heterocycles. The number of anilines is 1. The van der Waals surface area contributed by atoms with E-state index in [4.69, 9.17) is 0 Å². The Labute approximate surface area is 113 Å². The number of aromatic nitrogens is 2. The van der Waals surface area contributed by atoms with Crippen molar-refractivity contribution in [2.75, 3.05) is 11.9 Å². The molecule has 0 aromatic carbocycles. The smallest absolute Gasteiger partial charge is 0.328 e. The molecule has 0 fully saturated rings. The maximum absolute atomic E-state index is 11.4. The van der Waals surface area contributed by atoms with Crippen molar-refractivity contribution >= 4 is 11.8 Å². The molecule has 0 radical (unpaired) electrons. The molecule has 0 unspecified atom stereocenters. The number of likely N-dealkylation sites (N-methyl/N-ethyl adjacent to an activating group) is 1. The summed E-state index contributed by atoms with van der Waals surface area (Å²) in [6, 6.07) is 0. The molecule has 1 aromatic heterocycles. The fraction of sp³-hybridized carbons (Fsp3) is 0.643. The fourth-order valence-corrected chi connectivity index (χ4v) is 2.38. The Hall–Kier alpha value is -1.65. The summed E-state index contributed by atoms with van der Waals surface area (Å²) in [5, 5.41) is 9.35. The van der Waals surface area contributed by atoms with Crippen molar-refractivity contribution in [1.82, 2.24) is 9.97 Å². The quantitative estimate of drug-likeness (QED) is 0.845. The van der Waals surface area contributed by atoms with Crippen molar-refractivity contribution in [2.45, 2.75) is 51.5 Å². The Morgan fingerprint density at radius 2 is 1.95 bits per heavy atom. The lowest BCUT2D eigenvalue weighted by Gasteiger charge is -2.34. The van der Waals surface area contributed by atoms with Gasteiger partial charge in [-0.15, -0.1) is 0 Å². The lowest BCUT2D eigenvalue weighted by Crippen LogP contribution is -2.49. The number of carboxylic acid groups (broad SMARTS) is 1. The standard InChI is InChI=1S/C14H21N3O2/c1-14(2,13(18)19)17(3)12-10-7-5-4-6-8-11(10)15-9-16-12/h9H,4-8H2,1-3H3,(H,18,19). The third kappa shape index (κ3) is 2.55. The van der Waals surface area contributed by atoms with Crippen molar-refractivity contribution in [1.29, 1.82) is 0 Å². The number of hydrogen-bond acceptors (Lipinski definition) is 4. The van der Waals surface area contributed by atoms with Gasteiger partial charge in [0.05, 0.1) is 0 Å². The van der Waals surface area contributed by atoms with Crippen LogP contribution in [-0.2, 0) is 17.6 Å². The van der Waals surface area contributed by atoms with Crippen LogP contribution >= 0.6 is 0 Å². The van der Waals surface area contributed by atoms with E-state index in [-0.39, 0.29) is 0 Å². The molecule has 2 rings (SSSR count). The molecule has 1 heterocycles. The number of rotatable bonds is 3. The molecular formula is C14H21N3O2. The summed E-state index contributed by atoms with van der Waals surface area (Å²) in [6.45, 7) is 3.39. The first-order valence-corrected chi connectivity index (χ1v) is 6.74. The molecule has 1 aliphatic rings. The Kier molecular flexibility index (Phi) is 3.73. The van der Waals surface area contributed by atoms with E-state index in [1.165, 1.54) is 6.42 Å². The number of aryl methyl sites for hydroxylation is 1. The van der Waals surface area contributed by atoms with Crippen LogP contribution in [0.5, 0.6) is 0 Å². The van der Waals surface area contributed by atoms with Gasteiger partial charge in [0.25, 0.3) is 0 Å². The fourth-order valence-electron chi connectivity index (χ4n) is 2.38. The van der Waals surface area contributed by atoms with Gasteiger partial charge in [0.15, 0.2) is 0 Å². The molecule has 1 N–H and O–H groups in total. The first-order valence-electron chi connectivity index (χ1n) is 6.74. The molecule has 0 aliphatic heterocycles. The Bertz CT molecular complexity index is 486. The number of carboxylic acids is 1. The molecule has 5 nitrogen and oxygen atoms in total.